The number of hydrogen-bond donors (Lipinski definition) is 0. The Morgan fingerprint density at radius 2 is 2.12 bits per heavy atom. The summed E-state index contributed by atoms with van der Waals surface area (Å²) in [6.07, 6.45) is 7.10. The van der Waals surface area contributed by atoms with Gasteiger partial charge < -0.3 is 4.74 Å². The Balaban J connectivity index is 2.61. The van der Waals surface area contributed by atoms with Gasteiger partial charge in [-0.3, -0.25) is 0 Å². The lowest BCUT2D eigenvalue weighted by Gasteiger charge is -2.17. The lowest BCUT2D eigenvalue weighted by molar-refractivity contribution is 0.0831. The number of benzene rings is 1. The van der Waals surface area contributed by atoms with Gasteiger partial charge in [-0.2, -0.15) is 0 Å². The van der Waals surface area contributed by atoms with E-state index < -0.39 is 0 Å². The molecule has 92 valence electrons. The minimum atomic E-state index is 0.0719. The first-order valence-corrected chi connectivity index (χ1v) is 7.59. The molecular weight excluding hydrogens is 320 g/mol. The van der Waals surface area contributed by atoms with E-state index in [4.69, 9.17) is 22.8 Å². The largest absolute Gasteiger partial charge is 0.362 e. The van der Waals surface area contributed by atoms with Crippen LogP contribution in [0, 0.1) is 11.7 Å². The molecule has 1 rings (SSSR count). The van der Waals surface area contributed by atoms with E-state index in [0.717, 1.165) is 22.9 Å². The monoisotopic (exact) mass is 332 g/mol. The zero-order valence-corrected chi connectivity index (χ0v) is 12.5. The van der Waals surface area contributed by atoms with Gasteiger partial charge in [0.05, 0.1) is 6.10 Å². The molecule has 0 N–H and O–H groups in total. The lowest BCUT2D eigenvalue weighted by atomic mass is 10.1. The maximum Gasteiger partial charge on any atom is 0.105 e. The third kappa shape index (κ3) is 5.83. The third-order valence-electron chi connectivity index (χ3n) is 2.25. The highest BCUT2D eigenvalue weighted by Gasteiger charge is 2.11. The van der Waals surface area contributed by atoms with Gasteiger partial charge >= 0.3 is 0 Å². The third-order valence-corrected chi connectivity index (χ3v) is 3.47. The highest BCUT2D eigenvalue weighted by atomic mass is 79.9. The van der Waals surface area contributed by atoms with Gasteiger partial charge in [-0.1, -0.05) is 28.1 Å². The van der Waals surface area contributed by atoms with E-state index in [2.05, 4.69) is 33.3 Å². The molecule has 1 aromatic carbocycles. The molecule has 0 aromatic heterocycles. The second-order valence-electron chi connectivity index (χ2n) is 3.42. The van der Waals surface area contributed by atoms with Gasteiger partial charge in [0.15, 0.2) is 0 Å². The Kier molecular flexibility index (Phi) is 7.79. The van der Waals surface area contributed by atoms with E-state index in [1.165, 1.54) is 11.8 Å². The fourth-order valence-electron chi connectivity index (χ4n) is 1.44. The van der Waals surface area contributed by atoms with Crippen LogP contribution < -0.4 is 0 Å². The molecule has 1 atom stereocenters. The van der Waals surface area contributed by atoms with Crippen LogP contribution in [0.15, 0.2) is 28.7 Å². The predicted octanol–water partition coefficient (Wildman–Crippen LogP) is 4.81. The van der Waals surface area contributed by atoms with Gasteiger partial charge in [-0.25, -0.2) is 0 Å². The molecule has 0 radical (unpaired) electrons. The SMILES string of the molecule is C#CSCOC(CCCCl)c1ccc(Br)cc1. The molecule has 17 heavy (non-hydrogen) atoms. The molecule has 1 unspecified atom stereocenters. The van der Waals surface area contributed by atoms with Crippen LogP contribution in [0.1, 0.15) is 24.5 Å². The smallest absolute Gasteiger partial charge is 0.105 e. The summed E-state index contributed by atoms with van der Waals surface area (Å²) in [6, 6.07) is 8.15. The van der Waals surface area contributed by atoms with E-state index in [-0.39, 0.29) is 6.10 Å². The van der Waals surface area contributed by atoms with Crippen molar-refractivity contribution in [3.63, 3.8) is 0 Å². The molecule has 1 nitrogen and oxygen atoms in total. The van der Waals surface area contributed by atoms with E-state index in [1.807, 2.05) is 12.1 Å². The second kappa shape index (κ2) is 8.88. The van der Waals surface area contributed by atoms with Crippen molar-refractivity contribution in [1.82, 2.24) is 0 Å². The van der Waals surface area contributed by atoms with E-state index in [0.29, 0.717) is 11.8 Å². The summed E-state index contributed by atoms with van der Waals surface area (Å²) in [6.45, 7) is 0. The van der Waals surface area contributed by atoms with Gasteiger partial charge in [0.1, 0.15) is 5.94 Å². The number of rotatable bonds is 7. The Bertz CT molecular complexity index is 361. The van der Waals surface area contributed by atoms with E-state index >= 15 is 0 Å². The minimum absolute atomic E-state index is 0.0719. The van der Waals surface area contributed by atoms with Crippen molar-refractivity contribution in [2.45, 2.75) is 18.9 Å². The zero-order valence-electron chi connectivity index (χ0n) is 9.36. The fraction of sp³-hybridized carbons (Fsp3) is 0.385. The Labute approximate surface area is 120 Å². The number of ether oxygens (including phenoxy) is 1. The number of halogens is 2. The molecule has 0 amide bonds. The molecule has 0 spiro atoms. The molecule has 0 bridgehead atoms. The van der Waals surface area contributed by atoms with Gasteiger partial charge in [0, 0.05) is 10.4 Å². The van der Waals surface area contributed by atoms with Crippen LogP contribution in [0.5, 0.6) is 0 Å². The van der Waals surface area contributed by atoms with Crippen LogP contribution in [-0.2, 0) is 4.74 Å². The average molecular weight is 334 g/mol. The summed E-state index contributed by atoms with van der Waals surface area (Å²) in [7, 11) is 0. The number of alkyl halides is 1. The van der Waals surface area contributed by atoms with Crippen molar-refractivity contribution in [2.24, 2.45) is 0 Å². The summed E-state index contributed by atoms with van der Waals surface area (Å²) >= 11 is 10.5. The van der Waals surface area contributed by atoms with Crippen LogP contribution >= 0.6 is 39.3 Å². The second-order valence-corrected chi connectivity index (χ2v) is 5.47. The molecule has 0 saturated carbocycles. The van der Waals surface area contributed by atoms with Crippen LogP contribution in [0.4, 0.5) is 0 Å². The summed E-state index contributed by atoms with van der Waals surface area (Å²) < 4.78 is 6.82. The quantitative estimate of drug-likeness (QED) is 0.306. The van der Waals surface area contributed by atoms with Crippen molar-refractivity contribution in [1.29, 1.82) is 0 Å². The van der Waals surface area contributed by atoms with Crippen molar-refractivity contribution in [3.8, 4) is 11.7 Å². The number of thioether (sulfide) groups is 1. The van der Waals surface area contributed by atoms with Crippen molar-refractivity contribution < 1.29 is 4.74 Å². The molecule has 0 heterocycles. The summed E-state index contributed by atoms with van der Waals surface area (Å²) in [5.74, 6) is 1.16. The normalized spacial score (nSPS) is 12.1. The minimum Gasteiger partial charge on any atom is -0.362 e. The zero-order chi connectivity index (χ0) is 12.5. The van der Waals surface area contributed by atoms with Crippen molar-refractivity contribution in [3.05, 3.63) is 34.3 Å². The van der Waals surface area contributed by atoms with Gasteiger partial charge in [-0.15, -0.1) is 18.0 Å². The van der Waals surface area contributed by atoms with Crippen LogP contribution in [-0.4, -0.2) is 11.8 Å². The fourth-order valence-corrected chi connectivity index (χ4v) is 2.16. The maximum absolute atomic E-state index is 5.76. The summed E-state index contributed by atoms with van der Waals surface area (Å²) in [5.41, 5.74) is 1.16. The molecule has 0 saturated heterocycles. The first kappa shape index (κ1) is 14.9. The highest BCUT2D eigenvalue weighted by Crippen LogP contribution is 2.25. The first-order chi connectivity index (χ1) is 8.27. The van der Waals surface area contributed by atoms with Crippen molar-refractivity contribution >= 4 is 39.3 Å². The van der Waals surface area contributed by atoms with Crippen LogP contribution in [0.2, 0.25) is 0 Å². The Hall–Kier alpha value is -0.140. The van der Waals surface area contributed by atoms with Gasteiger partial charge in [-0.05, 0) is 47.6 Å². The average Bonchev–Trinajstić information content (AvgIpc) is 2.35. The van der Waals surface area contributed by atoms with Crippen LogP contribution in [0.3, 0.4) is 0 Å². The molecular formula is C13H14BrClOS. The van der Waals surface area contributed by atoms with E-state index in [9.17, 15) is 0 Å². The lowest BCUT2D eigenvalue weighted by Crippen LogP contribution is -2.04. The van der Waals surface area contributed by atoms with Gasteiger partial charge in [0.2, 0.25) is 0 Å². The molecule has 0 fully saturated rings. The maximum atomic E-state index is 5.76. The van der Waals surface area contributed by atoms with Crippen LogP contribution in [0.25, 0.3) is 0 Å². The number of terminal acetylenes is 1. The topological polar surface area (TPSA) is 9.23 Å². The molecule has 1 aromatic rings. The summed E-state index contributed by atoms with van der Waals surface area (Å²) in [5, 5.41) is 2.50. The molecule has 0 aliphatic heterocycles. The molecule has 0 aliphatic rings. The number of hydrogen-bond acceptors (Lipinski definition) is 2. The molecule has 0 aliphatic carbocycles. The van der Waals surface area contributed by atoms with Crippen molar-refractivity contribution in [2.75, 3.05) is 11.8 Å². The summed E-state index contributed by atoms with van der Waals surface area (Å²) in [4.78, 5) is 0. The standard InChI is InChI=1S/C13H14BrClOS/c1-2-17-10-16-13(4-3-9-15)11-5-7-12(14)8-6-11/h1,5-8,13H,3-4,9-10H2. The van der Waals surface area contributed by atoms with Gasteiger partial charge in [0.25, 0.3) is 0 Å². The Morgan fingerprint density at radius 3 is 2.71 bits per heavy atom. The Morgan fingerprint density at radius 1 is 1.41 bits per heavy atom. The molecule has 4 heteroatoms. The predicted molar refractivity (Wildman–Crippen MR) is 79.2 cm³/mol. The first-order valence-electron chi connectivity index (χ1n) is 5.28. The highest BCUT2D eigenvalue weighted by molar-refractivity contribution is 9.10. The van der Waals surface area contributed by atoms with E-state index in [1.54, 1.807) is 0 Å².